The Hall–Kier alpha value is -1.74. The first-order valence-electron chi connectivity index (χ1n) is 7.94. The molecule has 2 aliphatic rings. The van der Waals surface area contributed by atoms with Crippen molar-refractivity contribution < 1.29 is 10.0 Å². The number of carbonyl (C=O) groups is 1. The van der Waals surface area contributed by atoms with Crippen LogP contribution in [0.1, 0.15) is 21.7 Å². The standard InChI is InChI=1S/C16H19N5O2S.ClH/c22-14(19-23)12-6-17-15(18-7-12)21-4-3-16(11-21)9-20(10-16)8-13-2-1-5-24-13;/h1-2,5-7,23H,3-4,8-11H2,(H,19,22);1H. The number of hydrogen-bond acceptors (Lipinski definition) is 7. The molecule has 2 saturated heterocycles. The molecule has 9 heteroatoms. The molecule has 0 bridgehead atoms. The van der Waals surface area contributed by atoms with Crippen LogP contribution in [0.3, 0.4) is 0 Å². The molecule has 134 valence electrons. The smallest absolute Gasteiger partial charge is 0.277 e. The van der Waals surface area contributed by atoms with Gasteiger partial charge in [0.2, 0.25) is 5.95 Å². The van der Waals surface area contributed by atoms with Crippen LogP contribution in [-0.4, -0.2) is 52.2 Å². The normalized spacial score (nSPS) is 18.7. The Kier molecular flexibility index (Phi) is 5.24. The van der Waals surface area contributed by atoms with Crippen LogP contribution in [0.5, 0.6) is 0 Å². The summed E-state index contributed by atoms with van der Waals surface area (Å²) in [7, 11) is 0. The van der Waals surface area contributed by atoms with Gasteiger partial charge in [-0.05, 0) is 17.9 Å². The summed E-state index contributed by atoms with van der Waals surface area (Å²) in [5.41, 5.74) is 2.19. The van der Waals surface area contributed by atoms with Gasteiger partial charge >= 0.3 is 0 Å². The topological polar surface area (TPSA) is 81.6 Å². The van der Waals surface area contributed by atoms with Crippen LogP contribution in [-0.2, 0) is 6.54 Å². The molecule has 7 nitrogen and oxygen atoms in total. The average Bonchev–Trinajstić information content (AvgIpc) is 3.24. The van der Waals surface area contributed by atoms with Crippen LogP contribution in [0, 0.1) is 5.41 Å². The molecule has 2 aliphatic heterocycles. The number of nitrogens with zero attached hydrogens (tertiary/aromatic N) is 4. The van der Waals surface area contributed by atoms with Crippen LogP contribution >= 0.6 is 23.7 Å². The van der Waals surface area contributed by atoms with Gasteiger partial charge in [0.15, 0.2) is 0 Å². The van der Waals surface area contributed by atoms with E-state index in [0.29, 0.717) is 11.4 Å². The highest BCUT2D eigenvalue weighted by atomic mass is 35.5. The van der Waals surface area contributed by atoms with Crippen molar-refractivity contribution >= 4 is 35.6 Å². The zero-order valence-electron chi connectivity index (χ0n) is 13.6. The summed E-state index contributed by atoms with van der Waals surface area (Å²) < 4.78 is 0. The number of amides is 1. The summed E-state index contributed by atoms with van der Waals surface area (Å²) in [4.78, 5) is 25.9. The van der Waals surface area contributed by atoms with Gasteiger partial charge in [-0.2, -0.15) is 0 Å². The maximum Gasteiger partial charge on any atom is 0.277 e. The van der Waals surface area contributed by atoms with Crippen LogP contribution in [0.15, 0.2) is 29.9 Å². The quantitative estimate of drug-likeness (QED) is 0.620. The lowest BCUT2D eigenvalue weighted by Gasteiger charge is -2.48. The summed E-state index contributed by atoms with van der Waals surface area (Å²) >= 11 is 1.81. The molecule has 4 heterocycles. The molecule has 2 aromatic rings. The molecular formula is C16H20ClN5O2S. The molecule has 0 aromatic carbocycles. The van der Waals surface area contributed by atoms with Crippen molar-refractivity contribution in [2.24, 2.45) is 5.41 Å². The molecule has 0 radical (unpaired) electrons. The summed E-state index contributed by atoms with van der Waals surface area (Å²) in [5.74, 6) is 0.0562. The molecule has 25 heavy (non-hydrogen) atoms. The number of thiophene rings is 1. The summed E-state index contributed by atoms with van der Waals surface area (Å²) in [6.07, 6.45) is 4.04. The molecule has 1 spiro atoms. The number of anilines is 1. The Balaban J connectivity index is 0.00000182. The van der Waals surface area contributed by atoms with Gasteiger partial charge in [-0.1, -0.05) is 6.07 Å². The first kappa shape index (κ1) is 18.1. The Morgan fingerprint density at radius 1 is 1.32 bits per heavy atom. The first-order chi connectivity index (χ1) is 11.7. The van der Waals surface area contributed by atoms with E-state index >= 15 is 0 Å². The highest BCUT2D eigenvalue weighted by molar-refractivity contribution is 7.09. The highest BCUT2D eigenvalue weighted by Crippen LogP contribution is 2.41. The van der Waals surface area contributed by atoms with E-state index in [9.17, 15) is 4.79 Å². The molecule has 0 unspecified atom stereocenters. The number of hydrogen-bond donors (Lipinski definition) is 2. The molecule has 0 atom stereocenters. The van der Waals surface area contributed by atoms with Crippen LogP contribution in [0.2, 0.25) is 0 Å². The van der Waals surface area contributed by atoms with Gasteiger partial charge in [0.25, 0.3) is 5.91 Å². The van der Waals surface area contributed by atoms with E-state index in [1.54, 1.807) is 5.48 Å². The first-order valence-corrected chi connectivity index (χ1v) is 8.82. The fourth-order valence-corrected chi connectivity index (χ4v) is 4.41. The molecule has 2 N–H and O–H groups in total. The van der Waals surface area contributed by atoms with Gasteiger partial charge in [-0.3, -0.25) is 14.9 Å². The van der Waals surface area contributed by atoms with E-state index < -0.39 is 5.91 Å². The monoisotopic (exact) mass is 381 g/mol. The molecule has 0 saturated carbocycles. The number of carbonyl (C=O) groups excluding carboxylic acids is 1. The van der Waals surface area contributed by atoms with E-state index in [4.69, 9.17) is 5.21 Å². The Bertz CT molecular complexity index is 719. The highest BCUT2D eigenvalue weighted by Gasteiger charge is 2.47. The van der Waals surface area contributed by atoms with Gasteiger partial charge in [0, 0.05) is 55.4 Å². The van der Waals surface area contributed by atoms with Crippen molar-refractivity contribution in [3.05, 3.63) is 40.3 Å². The number of rotatable bonds is 4. The second kappa shape index (κ2) is 7.25. The molecular weight excluding hydrogens is 362 g/mol. The van der Waals surface area contributed by atoms with Crippen molar-refractivity contribution in [3.8, 4) is 0 Å². The summed E-state index contributed by atoms with van der Waals surface area (Å²) in [6.45, 7) is 5.18. The lowest BCUT2D eigenvalue weighted by Crippen LogP contribution is -2.56. The minimum absolute atomic E-state index is 0. The predicted octanol–water partition coefficient (Wildman–Crippen LogP) is 1.79. The fourth-order valence-electron chi connectivity index (χ4n) is 3.67. The summed E-state index contributed by atoms with van der Waals surface area (Å²) in [6, 6.07) is 4.29. The molecule has 1 amide bonds. The minimum Gasteiger partial charge on any atom is -0.340 e. The van der Waals surface area contributed by atoms with Crippen molar-refractivity contribution in [3.63, 3.8) is 0 Å². The number of nitrogens with one attached hydrogen (secondary N) is 1. The third-order valence-electron chi connectivity index (χ3n) is 4.80. The lowest BCUT2D eigenvalue weighted by atomic mass is 9.79. The molecule has 2 fully saturated rings. The van der Waals surface area contributed by atoms with E-state index in [1.807, 2.05) is 11.3 Å². The van der Waals surface area contributed by atoms with E-state index in [0.717, 1.165) is 39.1 Å². The maximum atomic E-state index is 11.3. The minimum atomic E-state index is -0.595. The van der Waals surface area contributed by atoms with Crippen LogP contribution < -0.4 is 10.4 Å². The predicted molar refractivity (Wildman–Crippen MR) is 97.4 cm³/mol. The second-order valence-corrected chi connectivity index (χ2v) is 7.64. The van der Waals surface area contributed by atoms with Gasteiger partial charge in [0.05, 0.1) is 5.56 Å². The summed E-state index contributed by atoms with van der Waals surface area (Å²) in [5, 5.41) is 10.7. The Morgan fingerprint density at radius 2 is 2.08 bits per heavy atom. The van der Waals surface area contributed by atoms with Crippen LogP contribution in [0.4, 0.5) is 5.95 Å². The average molecular weight is 382 g/mol. The fraction of sp³-hybridized carbons (Fsp3) is 0.438. The lowest BCUT2D eigenvalue weighted by molar-refractivity contribution is 0.0124. The second-order valence-electron chi connectivity index (χ2n) is 6.61. The van der Waals surface area contributed by atoms with E-state index in [2.05, 4.69) is 37.3 Å². The molecule has 0 aliphatic carbocycles. The SMILES string of the molecule is Cl.O=C(NO)c1cnc(N2CCC3(CN(Cc4cccs4)C3)C2)nc1. The van der Waals surface area contributed by atoms with Gasteiger partial charge in [-0.25, -0.2) is 15.4 Å². The maximum absolute atomic E-state index is 11.3. The number of hydroxylamine groups is 1. The van der Waals surface area contributed by atoms with E-state index in [-0.39, 0.29) is 18.0 Å². The third-order valence-corrected chi connectivity index (χ3v) is 5.66. The third kappa shape index (κ3) is 3.62. The van der Waals surface area contributed by atoms with Crippen molar-refractivity contribution in [2.45, 2.75) is 13.0 Å². The zero-order valence-corrected chi connectivity index (χ0v) is 15.2. The number of aromatic nitrogens is 2. The van der Waals surface area contributed by atoms with Gasteiger partial charge in [0.1, 0.15) is 0 Å². The molecule has 2 aromatic heterocycles. The Labute approximate surface area is 156 Å². The number of likely N-dealkylation sites (tertiary alicyclic amines) is 1. The Morgan fingerprint density at radius 3 is 2.72 bits per heavy atom. The van der Waals surface area contributed by atoms with E-state index in [1.165, 1.54) is 17.3 Å². The molecule has 4 rings (SSSR count). The number of halogens is 1. The van der Waals surface area contributed by atoms with Gasteiger partial charge < -0.3 is 4.90 Å². The largest absolute Gasteiger partial charge is 0.340 e. The zero-order chi connectivity index (χ0) is 16.6. The van der Waals surface area contributed by atoms with Crippen LogP contribution in [0.25, 0.3) is 0 Å². The van der Waals surface area contributed by atoms with Gasteiger partial charge in [-0.15, -0.1) is 23.7 Å². The van der Waals surface area contributed by atoms with Crippen molar-refractivity contribution in [1.82, 2.24) is 20.3 Å². The van der Waals surface area contributed by atoms with Crippen molar-refractivity contribution in [2.75, 3.05) is 31.1 Å². The van der Waals surface area contributed by atoms with Crippen molar-refractivity contribution in [1.29, 1.82) is 0 Å².